The van der Waals surface area contributed by atoms with Gasteiger partial charge in [-0.3, -0.25) is 9.79 Å². The zero-order valence-corrected chi connectivity index (χ0v) is 25.3. The fourth-order valence-corrected chi connectivity index (χ4v) is 3.77. The summed E-state index contributed by atoms with van der Waals surface area (Å²) in [4.78, 5) is 29.4. The highest BCUT2D eigenvalue weighted by atomic mass is 32.1. The standard InChI is InChI=1S/C21H23N3OS.C7H8.C3H8.C2H4O/c1-12(19-11-17-18(24-19)6-8-23-21(17)25)5-7-22-15(4)16-9-13(2)14(3)20(26)10-16;1-7-5-3-2-4-6-7;1-3-2;1-2-3/h5,7,9-11,24,26H,1,6,8H2,2-4H3,(H,23,25);2-6H,1H3;3H2,1-2H3;2H,1H3/b7-5-,22-15?;;;. The molecule has 0 saturated heterocycles. The number of fused-ring (bicyclic) bond motifs is 1. The van der Waals surface area contributed by atoms with Gasteiger partial charge in [-0.15, -0.1) is 12.6 Å². The van der Waals surface area contributed by atoms with Gasteiger partial charge in [-0.2, -0.15) is 0 Å². The Morgan fingerprint density at radius 2 is 1.72 bits per heavy atom. The van der Waals surface area contributed by atoms with Crippen molar-refractivity contribution in [3.63, 3.8) is 0 Å². The van der Waals surface area contributed by atoms with Crippen molar-refractivity contribution < 1.29 is 9.59 Å². The number of rotatable bonds is 4. The average molecular weight is 546 g/mol. The first kappa shape index (κ1) is 33.4. The van der Waals surface area contributed by atoms with Crippen LogP contribution in [-0.4, -0.2) is 29.4 Å². The van der Waals surface area contributed by atoms with Gasteiger partial charge in [0.05, 0.1) is 5.56 Å². The smallest absolute Gasteiger partial charge is 0.253 e. The van der Waals surface area contributed by atoms with Gasteiger partial charge in [0, 0.05) is 41.2 Å². The lowest BCUT2D eigenvalue weighted by Gasteiger charge is -2.10. The van der Waals surface area contributed by atoms with Crippen molar-refractivity contribution >= 4 is 36.1 Å². The first-order chi connectivity index (χ1) is 18.6. The van der Waals surface area contributed by atoms with Gasteiger partial charge in [0.25, 0.3) is 5.91 Å². The van der Waals surface area contributed by atoms with Crippen LogP contribution in [-0.2, 0) is 11.2 Å². The molecule has 4 rings (SSSR count). The van der Waals surface area contributed by atoms with Gasteiger partial charge >= 0.3 is 0 Å². The molecule has 39 heavy (non-hydrogen) atoms. The molecular formula is C33H43N3O2S. The third-order valence-electron chi connectivity index (χ3n) is 5.69. The van der Waals surface area contributed by atoms with E-state index < -0.39 is 0 Å². The number of nitrogens with zero attached hydrogens (tertiary/aromatic N) is 1. The van der Waals surface area contributed by atoms with Crippen molar-refractivity contribution in [3.05, 3.63) is 107 Å². The Morgan fingerprint density at radius 1 is 1.10 bits per heavy atom. The molecule has 0 spiro atoms. The molecule has 1 aliphatic heterocycles. The van der Waals surface area contributed by atoms with E-state index in [-0.39, 0.29) is 5.91 Å². The Labute approximate surface area is 240 Å². The van der Waals surface area contributed by atoms with E-state index in [0.717, 1.165) is 45.8 Å². The molecule has 1 amide bonds. The van der Waals surface area contributed by atoms with E-state index in [1.54, 1.807) is 6.20 Å². The van der Waals surface area contributed by atoms with Crippen molar-refractivity contribution in [2.75, 3.05) is 6.54 Å². The minimum absolute atomic E-state index is 0.0308. The molecular weight excluding hydrogens is 502 g/mol. The topological polar surface area (TPSA) is 74.3 Å². The van der Waals surface area contributed by atoms with Gasteiger partial charge < -0.3 is 15.1 Å². The van der Waals surface area contributed by atoms with Gasteiger partial charge in [0.15, 0.2) is 0 Å². The second-order valence-electron chi connectivity index (χ2n) is 9.17. The lowest BCUT2D eigenvalue weighted by molar-refractivity contribution is -0.106. The third kappa shape index (κ3) is 11.3. The number of hydrogen-bond donors (Lipinski definition) is 3. The molecule has 0 unspecified atom stereocenters. The van der Waals surface area contributed by atoms with E-state index in [1.807, 2.05) is 43.3 Å². The van der Waals surface area contributed by atoms with Crippen molar-refractivity contribution in [3.8, 4) is 0 Å². The Balaban J connectivity index is 0.000000484. The summed E-state index contributed by atoms with van der Waals surface area (Å²) in [5.41, 5.74) is 8.99. The fraction of sp³-hybridized carbons (Fsp3) is 0.303. The molecule has 0 aliphatic carbocycles. The monoisotopic (exact) mass is 545 g/mol. The second kappa shape index (κ2) is 17.8. The molecule has 2 aromatic carbocycles. The molecule has 0 saturated carbocycles. The number of hydrogen-bond acceptors (Lipinski definition) is 4. The van der Waals surface area contributed by atoms with Crippen LogP contribution >= 0.6 is 12.6 Å². The molecule has 208 valence electrons. The highest BCUT2D eigenvalue weighted by molar-refractivity contribution is 7.80. The summed E-state index contributed by atoms with van der Waals surface area (Å²) in [6.45, 7) is 18.6. The normalized spacial score (nSPS) is 12.0. The van der Waals surface area contributed by atoms with Crippen LogP contribution in [0, 0.1) is 20.8 Å². The van der Waals surface area contributed by atoms with E-state index in [4.69, 9.17) is 4.79 Å². The van der Waals surface area contributed by atoms with Crippen LogP contribution in [0.25, 0.3) is 5.57 Å². The number of aromatic nitrogens is 1. The summed E-state index contributed by atoms with van der Waals surface area (Å²) in [6.07, 6.45) is 6.40. The minimum Gasteiger partial charge on any atom is -0.358 e. The number of aliphatic imine (C=N–C) groups is 1. The van der Waals surface area contributed by atoms with Crippen LogP contribution in [0.5, 0.6) is 0 Å². The van der Waals surface area contributed by atoms with E-state index in [1.165, 1.54) is 30.0 Å². The van der Waals surface area contributed by atoms with Gasteiger partial charge in [-0.25, -0.2) is 0 Å². The minimum atomic E-state index is -0.0308. The number of carbonyl (C=O) groups excluding carboxylic acids is 2. The highest BCUT2D eigenvalue weighted by Gasteiger charge is 2.19. The Hall–Kier alpha value is -3.64. The number of allylic oxidation sites excluding steroid dienone is 2. The Kier molecular flexibility index (Phi) is 15.2. The largest absolute Gasteiger partial charge is 0.358 e. The maximum atomic E-state index is 11.9. The predicted molar refractivity (Wildman–Crippen MR) is 169 cm³/mol. The molecule has 1 aromatic heterocycles. The number of nitrogens with one attached hydrogen (secondary N) is 2. The fourth-order valence-electron chi connectivity index (χ4n) is 3.45. The van der Waals surface area contributed by atoms with E-state index >= 15 is 0 Å². The molecule has 1 aliphatic rings. The zero-order chi connectivity index (χ0) is 29.4. The number of carbonyl (C=O) groups is 2. The quantitative estimate of drug-likeness (QED) is 0.135. The number of amides is 1. The summed E-state index contributed by atoms with van der Waals surface area (Å²) in [5.74, 6) is -0.0308. The number of H-pyrrole nitrogens is 1. The predicted octanol–water partition coefficient (Wildman–Crippen LogP) is 7.86. The van der Waals surface area contributed by atoms with Gasteiger partial charge in [-0.05, 0) is 81.2 Å². The molecule has 5 nitrogen and oxygen atoms in total. The molecule has 6 heteroatoms. The number of benzene rings is 2. The molecule has 0 atom stereocenters. The SMILES string of the molecule is C=C(/C=C\N=C(C)c1cc(C)c(C)c(S)c1)c1cc2c([nH]1)CCNC2=O.CC=O.CCC.Cc1ccccc1. The van der Waals surface area contributed by atoms with E-state index in [0.29, 0.717) is 12.1 Å². The van der Waals surface area contributed by atoms with Crippen molar-refractivity contribution in [1.29, 1.82) is 0 Å². The van der Waals surface area contributed by atoms with Crippen molar-refractivity contribution in [1.82, 2.24) is 10.3 Å². The van der Waals surface area contributed by atoms with E-state index in [9.17, 15) is 4.79 Å². The summed E-state index contributed by atoms with van der Waals surface area (Å²) in [5, 5.41) is 2.84. The highest BCUT2D eigenvalue weighted by Crippen LogP contribution is 2.22. The number of thiol groups is 1. The van der Waals surface area contributed by atoms with Gasteiger partial charge in [0.1, 0.15) is 6.29 Å². The Morgan fingerprint density at radius 3 is 2.23 bits per heavy atom. The second-order valence-corrected chi connectivity index (χ2v) is 9.65. The lowest BCUT2D eigenvalue weighted by Crippen LogP contribution is -2.31. The first-order valence-corrected chi connectivity index (χ1v) is 13.7. The molecule has 3 aromatic rings. The zero-order valence-electron chi connectivity index (χ0n) is 24.4. The van der Waals surface area contributed by atoms with Crippen LogP contribution in [0.4, 0.5) is 0 Å². The number of aryl methyl sites for hydroxylation is 2. The summed E-state index contributed by atoms with van der Waals surface area (Å²) in [6, 6.07) is 16.3. The van der Waals surface area contributed by atoms with Crippen LogP contribution in [0.1, 0.15) is 78.1 Å². The molecule has 2 heterocycles. The molecule has 0 radical (unpaired) electrons. The van der Waals surface area contributed by atoms with Crippen molar-refractivity contribution in [2.24, 2.45) is 4.99 Å². The lowest BCUT2D eigenvalue weighted by atomic mass is 10.0. The van der Waals surface area contributed by atoms with Crippen molar-refractivity contribution in [2.45, 2.75) is 66.2 Å². The summed E-state index contributed by atoms with van der Waals surface area (Å²) < 4.78 is 0. The molecule has 0 bridgehead atoms. The maximum absolute atomic E-state index is 11.9. The summed E-state index contributed by atoms with van der Waals surface area (Å²) >= 11 is 4.52. The average Bonchev–Trinajstić information content (AvgIpc) is 3.35. The van der Waals surface area contributed by atoms with Crippen LogP contribution in [0.2, 0.25) is 0 Å². The number of aldehydes is 1. The molecule has 0 fully saturated rings. The maximum Gasteiger partial charge on any atom is 0.253 e. The molecule has 2 N–H and O–H groups in total. The van der Waals surface area contributed by atoms with Gasteiger partial charge in [-0.1, -0.05) is 62.7 Å². The summed E-state index contributed by atoms with van der Waals surface area (Å²) in [7, 11) is 0. The van der Waals surface area contributed by atoms with Crippen LogP contribution in [0.15, 0.2) is 77.3 Å². The Bertz CT molecular complexity index is 1260. The first-order valence-electron chi connectivity index (χ1n) is 13.2. The third-order valence-corrected chi connectivity index (χ3v) is 6.16. The number of aromatic amines is 1. The van der Waals surface area contributed by atoms with Gasteiger partial charge in [0.2, 0.25) is 0 Å². The van der Waals surface area contributed by atoms with Crippen LogP contribution < -0.4 is 5.32 Å². The van der Waals surface area contributed by atoms with E-state index in [2.05, 4.69) is 87.3 Å². The van der Waals surface area contributed by atoms with Crippen LogP contribution in [0.3, 0.4) is 0 Å².